The normalized spacial score (nSPS) is 12.9. The molecule has 0 aliphatic carbocycles. The van der Waals surface area contributed by atoms with Crippen LogP contribution in [0.3, 0.4) is 0 Å². The number of hydrogen-bond acceptors (Lipinski definition) is 5. The van der Waals surface area contributed by atoms with Crippen molar-refractivity contribution >= 4 is 34.6 Å². The maximum atomic E-state index is 12.6. The molecule has 7 nitrogen and oxygen atoms in total. The predicted octanol–water partition coefficient (Wildman–Crippen LogP) is 3.25. The Hall–Kier alpha value is -3.39. The number of rotatable bonds is 4. The van der Waals surface area contributed by atoms with E-state index in [0.717, 1.165) is 22.4 Å². The standard InChI is InChI=1S/C21H21N5O2S/c22-16-5-1-2-6-17(16)25-20(27)18-10-15-7-9-26(13-19(15)29-18)21(28)24-12-14-4-3-8-23-11-14/h1-6,8,10-11H,7,9,12-13,22H2,(H,24,28)(H,25,27). The molecular formula is C21H21N5O2S. The molecular weight excluding hydrogens is 386 g/mol. The lowest BCUT2D eigenvalue weighted by molar-refractivity contribution is 0.103. The maximum absolute atomic E-state index is 12.6. The highest BCUT2D eigenvalue weighted by atomic mass is 32.1. The van der Waals surface area contributed by atoms with Crippen LogP contribution in [0.5, 0.6) is 0 Å². The number of nitrogens with two attached hydrogens (primary N) is 1. The van der Waals surface area contributed by atoms with Crippen molar-refractivity contribution in [2.75, 3.05) is 17.6 Å². The molecule has 4 N–H and O–H groups in total. The maximum Gasteiger partial charge on any atom is 0.318 e. The fourth-order valence-corrected chi connectivity index (χ4v) is 4.31. The van der Waals surface area contributed by atoms with Crippen LogP contribution in [0.2, 0.25) is 0 Å². The number of urea groups is 1. The molecule has 1 aromatic carbocycles. The Balaban J connectivity index is 1.38. The Bertz CT molecular complexity index is 1030. The van der Waals surface area contributed by atoms with Gasteiger partial charge in [0.1, 0.15) is 0 Å². The van der Waals surface area contributed by atoms with Gasteiger partial charge in [-0.05, 0) is 41.8 Å². The van der Waals surface area contributed by atoms with Crippen molar-refractivity contribution in [1.82, 2.24) is 15.2 Å². The van der Waals surface area contributed by atoms with Crippen LogP contribution in [0.1, 0.15) is 25.7 Å². The first-order valence-corrected chi connectivity index (χ1v) is 10.1. The number of fused-ring (bicyclic) bond motifs is 1. The summed E-state index contributed by atoms with van der Waals surface area (Å²) in [5.41, 5.74) is 9.10. The number of benzene rings is 1. The Morgan fingerprint density at radius 2 is 2.07 bits per heavy atom. The molecule has 2 aromatic heterocycles. The molecule has 1 aliphatic rings. The van der Waals surface area contributed by atoms with Crippen molar-refractivity contribution in [1.29, 1.82) is 0 Å². The van der Waals surface area contributed by atoms with E-state index in [1.807, 2.05) is 30.3 Å². The number of carbonyl (C=O) groups is 2. The molecule has 0 bridgehead atoms. The Kier molecular flexibility index (Phi) is 5.44. The van der Waals surface area contributed by atoms with Crippen LogP contribution in [0, 0.1) is 0 Å². The van der Waals surface area contributed by atoms with Gasteiger partial charge in [-0.2, -0.15) is 0 Å². The highest BCUT2D eigenvalue weighted by Gasteiger charge is 2.24. The zero-order valence-corrected chi connectivity index (χ0v) is 16.5. The SMILES string of the molecule is Nc1ccccc1NC(=O)c1cc2c(s1)CN(C(=O)NCc1cccnc1)CC2. The fraction of sp³-hybridized carbons (Fsp3) is 0.190. The quantitative estimate of drug-likeness (QED) is 0.578. The summed E-state index contributed by atoms with van der Waals surface area (Å²) in [7, 11) is 0. The number of nitrogens with one attached hydrogen (secondary N) is 2. The third kappa shape index (κ3) is 4.38. The lowest BCUT2D eigenvalue weighted by Crippen LogP contribution is -2.42. The third-order valence-corrected chi connectivity index (χ3v) is 5.93. The van der Waals surface area contributed by atoms with Crippen LogP contribution in [0.4, 0.5) is 16.2 Å². The topological polar surface area (TPSA) is 100 Å². The van der Waals surface area contributed by atoms with Gasteiger partial charge in [-0.1, -0.05) is 18.2 Å². The molecule has 0 atom stereocenters. The van der Waals surface area contributed by atoms with E-state index >= 15 is 0 Å². The summed E-state index contributed by atoms with van der Waals surface area (Å²) in [5.74, 6) is -0.185. The second-order valence-electron chi connectivity index (χ2n) is 6.79. The smallest absolute Gasteiger partial charge is 0.318 e. The minimum Gasteiger partial charge on any atom is -0.397 e. The van der Waals surface area contributed by atoms with E-state index in [2.05, 4.69) is 15.6 Å². The summed E-state index contributed by atoms with van der Waals surface area (Å²) < 4.78 is 0. The van der Waals surface area contributed by atoms with E-state index < -0.39 is 0 Å². The van der Waals surface area contributed by atoms with Crippen molar-refractivity contribution < 1.29 is 9.59 Å². The summed E-state index contributed by atoms with van der Waals surface area (Å²) in [5, 5.41) is 5.78. The number of pyridine rings is 1. The van der Waals surface area contributed by atoms with E-state index in [9.17, 15) is 9.59 Å². The molecule has 3 amide bonds. The van der Waals surface area contributed by atoms with Gasteiger partial charge in [-0.15, -0.1) is 11.3 Å². The van der Waals surface area contributed by atoms with Gasteiger partial charge in [0.25, 0.3) is 5.91 Å². The lowest BCUT2D eigenvalue weighted by Gasteiger charge is -2.27. The molecule has 3 aromatic rings. The molecule has 0 unspecified atom stereocenters. The Labute approximate surface area is 172 Å². The van der Waals surface area contributed by atoms with E-state index in [-0.39, 0.29) is 11.9 Å². The molecule has 0 saturated heterocycles. The van der Waals surface area contributed by atoms with Gasteiger partial charge in [-0.25, -0.2) is 4.79 Å². The number of carbonyl (C=O) groups excluding carboxylic acids is 2. The summed E-state index contributed by atoms with van der Waals surface area (Å²) in [4.78, 5) is 32.6. The average Bonchev–Trinajstić information content (AvgIpc) is 3.18. The number of anilines is 2. The summed E-state index contributed by atoms with van der Waals surface area (Å²) in [6, 6.07) is 12.7. The minimum atomic E-state index is -0.185. The van der Waals surface area contributed by atoms with Crippen LogP contribution in [-0.4, -0.2) is 28.4 Å². The van der Waals surface area contributed by atoms with Crippen LogP contribution < -0.4 is 16.4 Å². The number of aromatic nitrogens is 1. The highest BCUT2D eigenvalue weighted by Crippen LogP contribution is 2.29. The first-order chi connectivity index (χ1) is 14.1. The van der Waals surface area contributed by atoms with Crippen LogP contribution in [-0.2, 0) is 19.5 Å². The van der Waals surface area contributed by atoms with E-state index in [4.69, 9.17) is 5.73 Å². The summed E-state index contributed by atoms with van der Waals surface area (Å²) in [6.07, 6.45) is 4.17. The molecule has 0 radical (unpaired) electrons. The number of thiophene rings is 1. The molecule has 0 fully saturated rings. The van der Waals surface area contributed by atoms with Crippen molar-refractivity contribution in [2.45, 2.75) is 19.5 Å². The van der Waals surface area contributed by atoms with Crippen molar-refractivity contribution in [3.63, 3.8) is 0 Å². The average molecular weight is 407 g/mol. The fourth-order valence-electron chi connectivity index (χ4n) is 3.19. The Morgan fingerprint density at radius 3 is 2.86 bits per heavy atom. The van der Waals surface area contributed by atoms with Gasteiger partial charge in [0, 0.05) is 30.4 Å². The molecule has 148 valence electrons. The first-order valence-electron chi connectivity index (χ1n) is 9.29. The molecule has 4 rings (SSSR count). The van der Waals surface area contributed by atoms with Crippen molar-refractivity contribution in [2.24, 2.45) is 0 Å². The van der Waals surface area contributed by atoms with Crippen LogP contribution in [0.25, 0.3) is 0 Å². The second-order valence-corrected chi connectivity index (χ2v) is 7.93. The van der Waals surface area contributed by atoms with E-state index in [1.165, 1.54) is 11.3 Å². The Morgan fingerprint density at radius 1 is 1.21 bits per heavy atom. The molecule has 29 heavy (non-hydrogen) atoms. The van der Waals surface area contributed by atoms with E-state index in [1.54, 1.807) is 29.4 Å². The number of amides is 3. The van der Waals surface area contributed by atoms with Crippen molar-refractivity contribution in [3.8, 4) is 0 Å². The second kappa shape index (κ2) is 8.32. The number of nitrogens with zero attached hydrogens (tertiary/aromatic N) is 2. The number of para-hydroxylation sites is 2. The zero-order valence-electron chi connectivity index (χ0n) is 15.7. The minimum absolute atomic E-state index is 0.115. The molecule has 1 aliphatic heterocycles. The molecule has 8 heteroatoms. The van der Waals surface area contributed by atoms with Crippen molar-refractivity contribution in [3.05, 3.63) is 75.7 Å². The van der Waals surface area contributed by atoms with Gasteiger partial charge >= 0.3 is 6.03 Å². The van der Waals surface area contributed by atoms with Gasteiger partial charge in [0.05, 0.1) is 22.8 Å². The molecule has 3 heterocycles. The monoisotopic (exact) mass is 407 g/mol. The van der Waals surface area contributed by atoms with Gasteiger partial charge in [0.15, 0.2) is 0 Å². The largest absolute Gasteiger partial charge is 0.397 e. The first kappa shape index (κ1) is 18.9. The van der Waals surface area contributed by atoms with Gasteiger partial charge in [-0.3, -0.25) is 9.78 Å². The summed E-state index contributed by atoms with van der Waals surface area (Å²) in [6.45, 7) is 1.56. The summed E-state index contributed by atoms with van der Waals surface area (Å²) >= 11 is 1.42. The third-order valence-electron chi connectivity index (χ3n) is 4.77. The van der Waals surface area contributed by atoms with E-state index in [0.29, 0.717) is 35.9 Å². The highest BCUT2D eigenvalue weighted by molar-refractivity contribution is 7.14. The van der Waals surface area contributed by atoms with Crippen LogP contribution >= 0.6 is 11.3 Å². The predicted molar refractivity (Wildman–Crippen MR) is 114 cm³/mol. The lowest BCUT2D eigenvalue weighted by atomic mass is 10.1. The zero-order chi connectivity index (χ0) is 20.2. The van der Waals surface area contributed by atoms with Gasteiger partial charge < -0.3 is 21.3 Å². The molecule has 0 spiro atoms. The van der Waals surface area contributed by atoms with Crippen LogP contribution in [0.15, 0.2) is 54.9 Å². The van der Waals surface area contributed by atoms with Gasteiger partial charge in [0.2, 0.25) is 0 Å². The number of hydrogen-bond donors (Lipinski definition) is 3. The molecule has 0 saturated carbocycles. The number of nitrogen functional groups attached to an aromatic ring is 1.